The fraction of sp³-hybridized carbons (Fsp3) is 0.200. The van der Waals surface area contributed by atoms with Crippen molar-refractivity contribution in [3.63, 3.8) is 0 Å². The highest BCUT2D eigenvalue weighted by molar-refractivity contribution is 7.13. The molecule has 0 aliphatic heterocycles. The lowest BCUT2D eigenvalue weighted by Gasteiger charge is -2.01. The molecule has 0 aliphatic carbocycles. The van der Waals surface area contributed by atoms with E-state index in [0.29, 0.717) is 0 Å². The second-order valence-electron chi connectivity index (χ2n) is 3.27. The second-order valence-corrected chi connectivity index (χ2v) is 4.21. The van der Waals surface area contributed by atoms with Crippen LogP contribution >= 0.6 is 11.3 Å². The smallest absolute Gasteiger partial charge is 0.119 e. The molecule has 0 spiro atoms. The first-order chi connectivity index (χ1) is 8.31. The Morgan fingerprint density at radius 2 is 2.06 bits per heavy atom. The van der Waals surface area contributed by atoms with Gasteiger partial charge in [-0.15, -0.1) is 23.7 Å². The second kappa shape index (κ2) is 7.54. The summed E-state index contributed by atoms with van der Waals surface area (Å²) in [6.07, 6.45) is 5.62. The van der Waals surface area contributed by atoms with Crippen LogP contribution in [0, 0.1) is 12.3 Å². The highest BCUT2D eigenvalue weighted by atomic mass is 32.1. The molecule has 88 valence electrons. The third kappa shape index (κ3) is 4.34. The van der Waals surface area contributed by atoms with Gasteiger partial charge in [0.1, 0.15) is 5.75 Å². The molecule has 0 saturated heterocycles. The van der Waals surface area contributed by atoms with E-state index in [1.807, 2.05) is 25.1 Å². The van der Waals surface area contributed by atoms with E-state index in [1.54, 1.807) is 18.4 Å². The molecule has 1 aromatic carbocycles. The van der Waals surface area contributed by atoms with E-state index in [0.717, 1.165) is 12.2 Å². The van der Waals surface area contributed by atoms with Gasteiger partial charge in [-0.3, -0.25) is 0 Å². The van der Waals surface area contributed by atoms with Gasteiger partial charge in [0.25, 0.3) is 0 Å². The van der Waals surface area contributed by atoms with Gasteiger partial charge in [0.05, 0.1) is 7.11 Å². The zero-order chi connectivity index (χ0) is 12.5. The minimum absolute atomic E-state index is 0.847. The van der Waals surface area contributed by atoms with Crippen LogP contribution in [-0.2, 0) is 0 Å². The van der Waals surface area contributed by atoms with Crippen LogP contribution in [0.25, 0.3) is 10.4 Å². The Labute approximate surface area is 107 Å². The molecule has 2 rings (SSSR count). The first-order valence-corrected chi connectivity index (χ1v) is 6.31. The predicted molar refractivity (Wildman–Crippen MR) is 75.4 cm³/mol. The van der Waals surface area contributed by atoms with E-state index in [1.165, 1.54) is 10.4 Å². The predicted octanol–water partition coefficient (Wildman–Crippen LogP) is 4.45. The van der Waals surface area contributed by atoms with Gasteiger partial charge in [0, 0.05) is 11.3 Å². The Morgan fingerprint density at radius 3 is 2.59 bits per heavy atom. The minimum Gasteiger partial charge on any atom is -0.497 e. The molecule has 1 nitrogen and oxygen atoms in total. The number of hydrogen-bond donors (Lipinski definition) is 0. The lowest BCUT2D eigenvalue weighted by molar-refractivity contribution is 0.415. The van der Waals surface area contributed by atoms with E-state index in [-0.39, 0.29) is 0 Å². The maximum absolute atomic E-state index is 5.16. The van der Waals surface area contributed by atoms with Crippen molar-refractivity contribution in [3.05, 3.63) is 41.8 Å². The third-order valence-corrected chi connectivity index (χ3v) is 3.00. The molecule has 0 aliphatic rings. The molecule has 0 radical (unpaired) electrons. The Bertz CT molecular complexity index is 466. The van der Waals surface area contributed by atoms with Crippen molar-refractivity contribution in [3.8, 4) is 28.5 Å². The fourth-order valence-electron chi connectivity index (χ4n) is 1.22. The van der Waals surface area contributed by atoms with E-state index in [2.05, 4.69) is 29.5 Å². The average molecular weight is 244 g/mol. The molecular weight excluding hydrogens is 228 g/mol. The molecule has 0 bridgehead atoms. The van der Waals surface area contributed by atoms with Crippen molar-refractivity contribution in [2.45, 2.75) is 13.3 Å². The normalized spacial score (nSPS) is 8.76. The van der Waals surface area contributed by atoms with Crippen molar-refractivity contribution in [2.24, 2.45) is 0 Å². The Morgan fingerprint density at radius 1 is 1.29 bits per heavy atom. The van der Waals surface area contributed by atoms with Crippen LogP contribution in [-0.4, -0.2) is 7.11 Å². The molecule has 0 amide bonds. The molecule has 2 aromatic rings. The van der Waals surface area contributed by atoms with Gasteiger partial charge >= 0.3 is 0 Å². The van der Waals surface area contributed by atoms with E-state index in [4.69, 9.17) is 11.2 Å². The van der Waals surface area contributed by atoms with Crippen LogP contribution in [0.15, 0.2) is 41.8 Å². The molecule has 2 heteroatoms. The number of benzene rings is 1. The van der Waals surface area contributed by atoms with Crippen LogP contribution in [0.1, 0.15) is 13.3 Å². The molecular formula is C15H16OS. The van der Waals surface area contributed by atoms with E-state index in [9.17, 15) is 0 Å². The van der Waals surface area contributed by atoms with Crippen LogP contribution in [0.5, 0.6) is 5.75 Å². The highest BCUT2D eigenvalue weighted by Crippen LogP contribution is 2.27. The fourth-order valence-corrected chi connectivity index (χ4v) is 1.94. The summed E-state index contributed by atoms with van der Waals surface area (Å²) in [5, 5.41) is 2.08. The summed E-state index contributed by atoms with van der Waals surface area (Å²) < 4.78 is 5.16. The minimum atomic E-state index is 0.847. The number of thiophene rings is 1. The SMILES string of the molecule is C#CCC.COc1cccc(-c2cccs2)c1. The molecule has 0 unspecified atom stereocenters. The van der Waals surface area contributed by atoms with Crippen molar-refractivity contribution in [1.29, 1.82) is 0 Å². The number of terminal acetylenes is 1. The lowest BCUT2D eigenvalue weighted by Crippen LogP contribution is -1.81. The molecule has 1 heterocycles. The largest absolute Gasteiger partial charge is 0.497 e. The van der Waals surface area contributed by atoms with Gasteiger partial charge in [-0.05, 0) is 29.1 Å². The number of ether oxygens (including phenoxy) is 1. The number of methoxy groups -OCH3 is 1. The molecule has 0 saturated carbocycles. The van der Waals surface area contributed by atoms with Crippen molar-refractivity contribution in [2.75, 3.05) is 7.11 Å². The first-order valence-electron chi connectivity index (χ1n) is 5.43. The lowest BCUT2D eigenvalue weighted by atomic mass is 10.2. The average Bonchev–Trinajstić information content (AvgIpc) is 2.93. The highest BCUT2D eigenvalue weighted by Gasteiger charge is 1.98. The maximum atomic E-state index is 5.16. The quantitative estimate of drug-likeness (QED) is 0.709. The zero-order valence-corrected chi connectivity index (χ0v) is 11.0. The van der Waals surface area contributed by atoms with E-state index < -0.39 is 0 Å². The summed E-state index contributed by atoms with van der Waals surface area (Å²) in [5.74, 6) is 3.34. The van der Waals surface area contributed by atoms with E-state index >= 15 is 0 Å². The molecule has 1 aromatic heterocycles. The van der Waals surface area contributed by atoms with Crippen molar-refractivity contribution >= 4 is 11.3 Å². The molecule has 0 fully saturated rings. The van der Waals surface area contributed by atoms with Gasteiger partial charge in [-0.1, -0.05) is 25.1 Å². The van der Waals surface area contributed by atoms with Gasteiger partial charge in [-0.25, -0.2) is 0 Å². The van der Waals surface area contributed by atoms with Crippen LogP contribution < -0.4 is 4.74 Å². The van der Waals surface area contributed by atoms with Crippen molar-refractivity contribution in [1.82, 2.24) is 0 Å². The van der Waals surface area contributed by atoms with Crippen molar-refractivity contribution < 1.29 is 4.74 Å². The first kappa shape index (κ1) is 13.3. The van der Waals surface area contributed by atoms with Gasteiger partial charge < -0.3 is 4.74 Å². The standard InChI is InChI=1S/C11H10OS.C4H6/c1-12-10-5-2-4-9(8-10)11-6-3-7-13-11;1-3-4-2/h2-8H,1H3;1H,4H2,2H3. The third-order valence-electron chi connectivity index (χ3n) is 2.08. The summed E-state index contributed by atoms with van der Waals surface area (Å²) in [6, 6.07) is 12.3. The molecule has 17 heavy (non-hydrogen) atoms. The Hall–Kier alpha value is -1.72. The van der Waals surface area contributed by atoms with Gasteiger partial charge in [-0.2, -0.15) is 0 Å². The van der Waals surface area contributed by atoms with Crippen LogP contribution in [0.2, 0.25) is 0 Å². The summed E-state index contributed by atoms with van der Waals surface area (Å²) in [5.41, 5.74) is 1.22. The number of hydrogen-bond acceptors (Lipinski definition) is 2. The Kier molecular flexibility index (Phi) is 5.92. The zero-order valence-electron chi connectivity index (χ0n) is 10.1. The van der Waals surface area contributed by atoms with Gasteiger partial charge in [0.2, 0.25) is 0 Å². The monoisotopic (exact) mass is 244 g/mol. The molecule has 0 atom stereocenters. The maximum Gasteiger partial charge on any atom is 0.119 e. The van der Waals surface area contributed by atoms with Gasteiger partial charge in [0.15, 0.2) is 0 Å². The summed E-state index contributed by atoms with van der Waals surface area (Å²) in [4.78, 5) is 1.28. The summed E-state index contributed by atoms with van der Waals surface area (Å²) in [6.45, 7) is 1.94. The topological polar surface area (TPSA) is 9.23 Å². The summed E-state index contributed by atoms with van der Waals surface area (Å²) in [7, 11) is 1.69. The molecule has 0 N–H and O–H groups in total. The summed E-state index contributed by atoms with van der Waals surface area (Å²) >= 11 is 1.74. The van der Waals surface area contributed by atoms with Crippen LogP contribution in [0.4, 0.5) is 0 Å². The van der Waals surface area contributed by atoms with Crippen LogP contribution in [0.3, 0.4) is 0 Å². The Balaban J connectivity index is 0.000000317. The number of rotatable bonds is 2.